The van der Waals surface area contributed by atoms with Gasteiger partial charge in [0.25, 0.3) is 0 Å². The van der Waals surface area contributed by atoms with Gasteiger partial charge in [-0.25, -0.2) is 4.39 Å². The maximum Gasteiger partial charge on any atom is 0.137 e. The molecule has 1 atom stereocenters. The summed E-state index contributed by atoms with van der Waals surface area (Å²) in [5.74, 6) is -0.291. The van der Waals surface area contributed by atoms with Crippen LogP contribution in [-0.2, 0) is 0 Å². The van der Waals surface area contributed by atoms with Crippen molar-refractivity contribution in [2.45, 2.75) is 12.8 Å². The molecule has 0 bridgehead atoms. The van der Waals surface area contributed by atoms with Gasteiger partial charge in [-0.3, -0.25) is 0 Å². The quantitative estimate of drug-likeness (QED) is 0.832. The summed E-state index contributed by atoms with van der Waals surface area (Å²) >= 11 is 3.06. The Balaban J connectivity index is 2.96. The van der Waals surface area contributed by atoms with Crippen molar-refractivity contribution in [3.63, 3.8) is 0 Å². The van der Waals surface area contributed by atoms with Crippen LogP contribution in [0.4, 0.5) is 4.39 Å². The largest absolute Gasteiger partial charge is 0.396 e. The fourth-order valence-electron chi connectivity index (χ4n) is 0.924. The highest BCUT2D eigenvalue weighted by Crippen LogP contribution is 2.21. The first-order chi connectivity index (χ1) is 5.65. The molecule has 0 saturated heterocycles. The van der Waals surface area contributed by atoms with Crippen LogP contribution in [0.15, 0.2) is 22.7 Å². The molecule has 1 unspecified atom stereocenters. The van der Waals surface area contributed by atoms with Crippen LogP contribution in [0.5, 0.6) is 0 Å². The van der Waals surface area contributed by atoms with Crippen molar-refractivity contribution in [2.75, 3.05) is 6.61 Å². The van der Waals surface area contributed by atoms with E-state index in [2.05, 4.69) is 15.9 Å². The number of aliphatic hydroxyl groups is 1. The number of aliphatic hydroxyl groups excluding tert-OH is 1. The van der Waals surface area contributed by atoms with Crippen molar-refractivity contribution in [1.82, 2.24) is 0 Å². The van der Waals surface area contributed by atoms with Crippen molar-refractivity contribution in [3.05, 3.63) is 34.1 Å². The molecule has 0 spiro atoms. The molecule has 1 rings (SSSR count). The van der Waals surface area contributed by atoms with Gasteiger partial charge in [0.2, 0.25) is 0 Å². The zero-order valence-corrected chi connectivity index (χ0v) is 8.31. The van der Waals surface area contributed by atoms with Crippen molar-refractivity contribution >= 4 is 15.9 Å². The summed E-state index contributed by atoms with van der Waals surface area (Å²) < 4.78 is 13.4. The van der Waals surface area contributed by atoms with Gasteiger partial charge in [0.1, 0.15) is 5.82 Å². The predicted molar refractivity (Wildman–Crippen MR) is 49.6 cm³/mol. The Bertz CT molecular complexity index is 275. The van der Waals surface area contributed by atoms with E-state index in [9.17, 15) is 4.39 Å². The van der Waals surface area contributed by atoms with E-state index in [0.717, 1.165) is 5.56 Å². The summed E-state index contributed by atoms with van der Waals surface area (Å²) in [6.45, 7) is 1.89. The normalized spacial score (nSPS) is 13.0. The smallest absolute Gasteiger partial charge is 0.137 e. The molecule has 0 aliphatic heterocycles. The first kappa shape index (κ1) is 9.68. The molecule has 0 fully saturated rings. The second kappa shape index (κ2) is 4.01. The Hall–Kier alpha value is -0.410. The van der Waals surface area contributed by atoms with Crippen molar-refractivity contribution < 1.29 is 9.50 Å². The molecule has 0 aliphatic rings. The Labute approximate surface area is 79.4 Å². The molecule has 1 nitrogen and oxygen atoms in total. The minimum Gasteiger partial charge on any atom is -0.396 e. The van der Waals surface area contributed by atoms with Crippen molar-refractivity contribution in [2.24, 2.45) is 0 Å². The lowest BCUT2D eigenvalue weighted by atomic mass is 10.0. The van der Waals surface area contributed by atoms with E-state index in [0.29, 0.717) is 4.47 Å². The summed E-state index contributed by atoms with van der Waals surface area (Å²) in [4.78, 5) is 0. The van der Waals surface area contributed by atoms with E-state index in [1.165, 1.54) is 6.07 Å². The maximum absolute atomic E-state index is 12.9. The van der Waals surface area contributed by atoms with Gasteiger partial charge in [-0.05, 0) is 33.6 Å². The Morgan fingerprint density at radius 1 is 1.58 bits per heavy atom. The van der Waals surface area contributed by atoms with Crippen LogP contribution < -0.4 is 0 Å². The summed E-state index contributed by atoms with van der Waals surface area (Å²) in [5, 5.41) is 8.81. The van der Waals surface area contributed by atoms with Gasteiger partial charge in [-0.15, -0.1) is 0 Å². The molecule has 3 heteroatoms. The molecule has 0 aromatic heterocycles. The molecular weight excluding hydrogens is 223 g/mol. The number of rotatable bonds is 2. The molecule has 1 aromatic carbocycles. The number of hydrogen-bond acceptors (Lipinski definition) is 1. The third-order valence-electron chi connectivity index (χ3n) is 1.79. The first-order valence-corrected chi connectivity index (χ1v) is 4.50. The van der Waals surface area contributed by atoms with Crippen LogP contribution in [0, 0.1) is 5.82 Å². The van der Waals surface area contributed by atoms with Crippen LogP contribution in [0.1, 0.15) is 18.4 Å². The number of hydrogen-bond donors (Lipinski definition) is 1. The second-order valence-electron chi connectivity index (χ2n) is 2.76. The Morgan fingerprint density at radius 2 is 2.25 bits per heavy atom. The van der Waals surface area contributed by atoms with Gasteiger partial charge in [-0.1, -0.05) is 13.0 Å². The standard InChI is InChI=1S/C9H10BrFO/c1-6(5-12)7-2-3-8(10)9(11)4-7/h2-4,6,12H,5H2,1H3. The predicted octanol–water partition coefficient (Wildman–Crippen LogP) is 2.68. The van der Waals surface area contributed by atoms with E-state index in [-0.39, 0.29) is 18.3 Å². The topological polar surface area (TPSA) is 20.2 Å². The summed E-state index contributed by atoms with van der Waals surface area (Å²) in [6.07, 6.45) is 0. The molecule has 0 heterocycles. The van der Waals surface area contributed by atoms with Gasteiger partial charge in [0.15, 0.2) is 0 Å². The van der Waals surface area contributed by atoms with Gasteiger partial charge < -0.3 is 5.11 Å². The molecular formula is C9H10BrFO. The maximum atomic E-state index is 12.9. The van der Waals surface area contributed by atoms with E-state index >= 15 is 0 Å². The van der Waals surface area contributed by atoms with Gasteiger partial charge in [-0.2, -0.15) is 0 Å². The zero-order valence-electron chi connectivity index (χ0n) is 6.72. The average molecular weight is 233 g/mol. The highest BCUT2D eigenvalue weighted by Gasteiger charge is 2.06. The molecule has 0 saturated carbocycles. The second-order valence-corrected chi connectivity index (χ2v) is 3.61. The van der Waals surface area contributed by atoms with E-state index in [1.54, 1.807) is 12.1 Å². The first-order valence-electron chi connectivity index (χ1n) is 3.71. The van der Waals surface area contributed by atoms with Crippen LogP contribution >= 0.6 is 15.9 Å². The zero-order chi connectivity index (χ0) is 9.14. The Kier molecular flexibility index (Phi) is 3.23. The average Bonchev–Trinajstić information content (AvgIpc) is 2.08. The van der Waals surface area contributed by atoms with Crippen molar-refractivity contribution in [1.29, 1.82) is 0 Å². The SMILES string of the molecule is CC(CO)c1ccc(Br)c(F)c1. The molecule has 0 aliphatic carbocycles. The molecule has 0 radical (unpaired) electrons. The molecule has 1 aromatic rings. The van der Waals surface area contributed by atoms with Gasteiger partial charge in [0.05, 0.1) is 4.47 Å². The monoisotopic (exact) mass is 232 g/mol. The van der Waals surface area contributed by atoms with Crippen LogP contribution in [0.2, 0.25) is 0 Å². The molecule has 1 N–H and O–H groups in total. The number of halogens is 2. The van der Waals surface area contributed by atoms with Crippen LogP contribution in [0.3, 0.4) is 0 Å². The lowest BCUT2D eigenvalue weighted by Gasteiger charge is -2.07. The Morgan fingerprint density at radius 3 is 2.75 bits per heavy atom. The minimum absolute atomic E-state index is 0.00685. The number of benzene rings is 1. The third kappa shape index (κ3) is 2.05. The molecule has 12 heavy (non-hydrogen) atoms. The van der Waals surface area contributed by atoms with Crippen molar-refractivity contribution in [3.8, 4) is 0 Å². The van der Waals surface area contributed by atoms with Gasteiger partial charge >= 0.3 is 0 Å². The van der Waals surface area contributed by atoms with Gasteiger partial charge in [0, 0.05) is 12.5 Å². The summed E-state index contributed by atoms with van der Waals surface area (Å²) in [7, 11) is 0. The van der Waals surface area contributed by atoms with E-state index in [1.807, 2.05) is 6.92 Å². The third-order valence-corrected chi connectivity index (χ3v) is 2.43. The lowest BCUT2D eigenvalue weighted by molar-refractivity contribution is 0.273. The van der Waals surface area contributed by atoms with E-state index < -0.39 is 0 Å². The lowest BCUT2D eigenvalue weighted by Crippen LogP contribution is -1.99. The molecule has 0 amide bonds. The summed E-state index contributed by atoms with van der Waals surface area (Å²) in [6, 6.07) is 4.88. The summed E-state index contributed by atoms with van der Waals surface area (Å²) in [5.41, 5.74) is 0.818. The minimum atomic E-state index is -0.284. The molecule has 66 valence electrons. The fraction of sp³-hybridized carbons (Fsp3) is 0.333. The fourth-order valence-corrected chi connectivity index (χ4v) is 1.17. The van der Waals surface area contributed by atoms with Crippen LogP contribution in [0.25, 0.3) is 0 Å². The highest BCUT2D eigenvalue weighted by molar-refractivity contribution is 9.10. The van der Waals surface area contributed by atoms with E-state index in [4.69, 9.17) is 5.11 Å². The van der Waals surface area contributed by atoms with Crippen LogP contribution in [-0.4, -0.2) is 11.7 Å². The highest BCUT2D eigenvalue weighted by atomic mass is 79.9.